The summed E-state index contributed by atoms with van der Waals surface area (Å²) in [5.41, 5.74) is 17.8. The number of nitrogens with zero attached hydrogens (tertiary/aromatic N) is 1. The van der Waals surface area contributed by atoms with Crippen molar-refractivity contribution in [2.24, 2.45) is 0 Å². The predicted octanol–water partition coefficient (Wildman–Crippen LogP) is 15.6. The molecule has 0 atom stereocenters. The molecule has 0 N–H and O–H groups in total. The molecule has 0 unspecified atom stereocenters. The Labute approximate surface area is 338 Å². The number of fused-ring (bicyclic) bond motifs is 14. The van der Waals surface area contributed by atoms with Crippen LogP contribution in [0.5, 0.6) is 0 Å². The van der Waals surface area contributed by atoms with E-state index < -0.39 is 0 Å². The highest BCUT2D eigenvalue weighted by Crippen LogP contribution is 2.55. The molecular weight excluding hydrogens is 703 g/mol. The van der Waals surface area contributed by atoms with Crippen LogP contribution in [0.3, 0.4) is 0 Å². The smallest absolute Gasteiger partial charge is 0.145 e. The van der Waals surface area contributed by atoms with E-state index >= 15 is 0 Å². The molecule has 0 saturated carbocycles. The maximum absolute atomic E-state index is 7.29. The Morgan fingerprint density at radius 1 is 0.362 bits per heavy atom. The van der Waals surface area contributed by atoms with Gasteiger partial charge in [-0.1, -0.05) is 167 Å². The second-order valence-electron chi connectivity index (χ2n) is 17.2. The molecule has 9 aromatic carbocycles. The Bertz CT molecular complexity index is 3240. The minimum atomic E-state index is -0.154. The lowest BCUT2D eigenvalue weighted by molar-refractivity contribution is 0.660. The van der Waals surface area contributed by atoms with Crippen LogP contribution >= 0.6 is 0 Å². The van der Waals surface area contributed by atoms with Crippen molar-refractivity contribution in [1.29, 1.82) is 0 Å². The molecule has 2 nitrogen and oxygen atoms in total. The fourth-order valence-electron chi connectivity index (χ4n) is 10.6. The van der Waals surface area contributed by atoms with E-state index in [4.69, 9.17) is 4.42 Å². The number of hydrogen-bond acceptors (Lipinski definition) is 2. The number of hydrogen-bond donors (Lipinski definition) is 0. The molecule has 0 saturated heterocycles. The van der Waals surface area contributed by atoms with Crippen molar-refractivity contribution in [2.45, 2.75) is 38.5 Å². The molecule has 12 rings (SSSR count). The molecule has 2 aliphatic rings. The Hall–Kier alpha value is -6.90. The van der Waals surface area contributed by atoms with Crippen molar-refractivity contribution in [3.8, 4) is 33.4 Å². The molecule has 2 aliphatic carbocycles. The lowest BCUT2D eigenvalue weighted by atomic mass is 9.82. The summed E-state index contributed by atoms with van der Waals surface area (Å²) in [6.07, 6.45) is 0. The van der Waals surface area contributed by atoms with Gasteiger partial charge >= 0.3 is 0 Å². The highest BCUT2D eigenvalue weighted by atomic mass is 16.3. The van der Waals surface area contributed by atoms with Crippen LogP contribution in [0.1, 0.15) is 49.9 Å². The first-order chi connectivity index (χ1) is 28.3. The number of benzene rings is 9. The lowest BCUT2D eigenvalue weighted by Gasteiger charge is -2.30. The van der Waals surface area contributed by atoms with Gasteiger partial charge in [0.25, 0.3) is 0 Å². The number of anilines is 3. The van der Waals surface area contributed by atoms with Crippen molar-refractivity contribution >= 4 is 60.5 Å². The third-order valence-electron chi connectivity index (χ3n) is 13.5. The van der Waals surface area contributed by atoms with Gasteiger partial charge in [-0.15, -0.1) is 0 Å². The van der Waals surface area contributed by atoms with Crippen molar-refractivity contribution in [1.82, 2.24) is 0 Å². The molecule has 0 amide bonds. The van der Waals surface area contributed by atoms with Gasteiger partial charge in [-0.3, -0.25) is 0 Å². The number of furan rings is 1. The molecule has 0 bridgehead atoms. The van der Waals surface area contributed by atoms with Crippen molar-refractivity contribution in [2.75, 3.05) is 4.90 Å². The summed E-state index contributed by atoms with van der Waals surface area (Å²) in [7, 11) is 0. The zero-order valence-corrected chi connectivity index (χ0v) is 33.1. The molecule has 0 aliphatic heterocycles. The van der Waals surface area contributed by atoms with Crippen LogP contribution in [0.15, 0.2) is 180 Å². The molecule has 276 valence electrons. The second-order valence-corrected chi connectivity index (χ2v) is 17.2. The van der Waals surface area contributed by atoms with Crippen LogP contribution < -0.4 is 4.90 Å². The molecule has 1 heterocycles. The SMILES string of the molecule is CC1(C)c2ccccc2-c2ccc(N(c3ccc4c(c3)C(C)(C)c3ccccc3-4)c3ccc(-c4ccccc4)c4oc5c6ccccc6c6ccccc6c5c34)cc21. The first-order valence-corrected chi connectivity index (χ1v) is 20.4. The van der Waals surface area contributed by atoms with E-state index in [9.17, 15) is 0 Å². The average Bonchev–Trinajstić information content (AvgIpc) is 3.86. The molecule has 10 aromatic rings. The van der Waals surface area contributed by atoms with Crippen LogP contribution in [0.4, 0.5) is 17.1 Å². The average molecular weight is 744 g/mol. The monoisotopic (exact) mass is 743 g/mol. The molecule has 0 radical (unpaired) electrons. The minimum Gasteiger partial charge on any atom is -0.455 e. The van der Waals surface area contributed by atoms with E-state index in [-0.39, 0.29) is 10.8 Å². The van der Waals surface area contributed by atoms with E-state index in [1.54, 1.807) is 0 Å². The zero-order chi connectivity index (χ0) is 38.9. The van der Waals surface area contributed by atoms with E-state index in [0.717, 1.165) is 55.5 Å². The maximum Gasteiger partial charge on any atom is 0.145 e. The van der Waals surface area contributed by atoms with Gasteiger partial charge in [-0.05, 0) is 103 Å². The van der Waals surface area contributed by atoms with Crippen LogP contribution in [0.25, 0.3) is 76.9 Å². The summed E-state index contributed by atoms with van der Waals surface area (Å²) < 4.78 is 7.29. The van der Waals surface area contributed by atoms with Crippen LogP contribution in [-0.4, -0.2) is 0 Å². The van der Waals surface area contributed by atoms with Gasteiger partial charge in [0.05, 0.1) is 11.1 Å². The fraction of sp³-hybridized carbons (Fsp3) is 0.107. The van der Waals surface area contributed by atoms with E-state index in [0.29, 0.717) is 0 Å². The standard InChI is InChI=1S/C56H41NO/c1-55(2)46-24-14-12-20-40(46)42-28-26-35(32-48(42)55)57(36-27-29-43-41-21-13-15-25-47(41)56(3,4)49(43)33-36)50-31-30-37(34-16-6-5-7-17-34)53-52(50)51-44-22-10-8-18-38(44)39-19-9-11-23-45(39)54(51)58-53/h5-33H,1-4H3. The topological polar surface area (TPSA) is 16.4 Å². The van der Waals surface area contributed by atoms with E-state index in [1.165, 1.54) is 60.7 Å². The van der Waals surface area contributed by atoms with Gasteiger partial charge in [-0.25, -0.2) is 0 Å². The summed E-state index contributed by atoms with van der Waals surface area (Å²) in [6.45, 7) is 9.48. The molecule has 1 aromatic heterocycles. The van der Waals surface area contributed by atoms with Gasteiger partial charge < -0.3 is 9.32 Å². The van der Waals surface area contributed by atoms with Gasteiger partial charge in [-0.2, -0.15) is 0 Å². The van der Waals surface area contributed by atoms with Crippen molar-refractivity contribution in [3.63, 3.8) is 0 Å². The third kappa shape index (κ3) is 4.43. The maximum atomic E-state index is 7.29. The minimum absolute atomic E-state index is 0.154. The van der Waals surface area contributed by atoms with Crippen molar-refractivity contribution in [3.05, 3.63) is 198 Å². The highest BCUT2D eigenvalue weighted by molar-refractivity contribution is 6.33. The molecule has 2 heteroatoms. The van der Waals surface area contributed by atoms with Gasteiger partial charge in [0.15, 0.2) is 0 Å². The summed E-state index contributed by atoms with van der Waals surface area (Å²) in [5, 5.41) is 7.00. The molecular formula is C56H41NO. The molecule has 0 spiro atoms. The normalized spacial score (nSPS) is 14.5. The quantitative estimate of drug-likeness (QED) is 0.167. The highest BCUT2D eigenvalue weighted by Gasteiger charge is 2.38. The van der Waals surface area contributed by atoms with Crippen molar-refractivity contribution < 1.29 is 4.42 Å². The molecule has 58 heavy (non-hydrogen) atoms. The van der Waals surface area contributed by atoms with Crippen LogP contribution in [-0.2, 0) is 10.8 Å². The van der Waals surface area contributed by atoms with Crippen LogP contribution in [0.2, 0.25) is 0 Å². The summed E-state index contributed by atoms with van der Waals surface area (Å²) in [4.78, 5) is 2.51. The molecule has 0 fully saturated rings. The van der Waals surface area contributed by atoms with Gasteiger partial charge in [0.2, 0.25) is 0 Å². The Balaban J connectivity index is 1.21. The Morgan fingerprint density at radius 3 is 1.43 bits per heavy atom. The summed E-state index contributed by atoms with van der Waals surface area (Å²) in [6, 6.07) is 64.9. The van der Waals surface area contributed by atoms with Gasteiger partial charge in [0.1, 0.15) is 11.2 Å². The summed E-state index contributed by atoms with van der Waals surface area (Å²) in [5.74, 6) is 0. The zero-order valence-electron chi connectivity index (χ0n) is 33.1. The first-order valence-electron chi connectivity index (χ1n) is 20.4. The Morgan fingerprint density at radius 2 is 0.828 bits per heavy atom. The second kappa shape index (κ2) is 11.8. The van der Waals surface area contributed by atoms with E-state index in [2.05, 4.69) is 209 Å². The first kappa shape index (κ1) is 33.3. The lowest BCUT2D eigenvalue weighted by Crippen LogP contribution is -2.18. The predicted molar refractivity (Wildman–Crippen MR) is 244 cm³/mol. The van der Waals surface area contributed by atoms with Crippen LogP contribution in [0, 0.1) is 0 Å². The van der Waals surface area contributed by atoms with E-state index in [1.807, 2.05) is 0 Å². The fourth-order valence-corrected chi connectivity index (χ4v) is 10.6. The number of rotatable bonds is 4. The Kier molecular flexibility index (Phi) is 6.78. The third-order valence-corrected chi connectivity index (χ3v) is 13.5. The van der Waals surface area contributed by atoms with Gasteiger partial charge in [0, 0.05) is 38.5 Å². The largest absolute Gasteiger partial charge is 0.455 e. The summed E-state index contributed by atoms with van der Waals surface area (Å²) >= 11 is 0.